The average Bonchev–Trinajstić information content (AvgIpc) is 3.36. The van der Waals surface area contributed by atoms with Crippen LogP contribution in [0.4, 0.5) is 11.4 Å². The second-order valence-corrected chi connectivity index (χ2v) is 11.1. The summed E-state index contributed by atoms with van der Waals surface area (Å²) in [5.74, 6) is 0.873. The zero-order chi connectivity index (χ0) is 26.5. The van der Waals surface area contributed by atoms with Crippen molar-refractivity contribution in [1.82, 2.24) is 10.6 Å². The molecule has 0 spiro atoms. The largest absolute Gasteiger partial charge is 0.350 e. The van der Waals surface area contributed by atoms with Gasteiger partial charge in [-0.25, -0.2) is 4.99 Å². The summed E-state index contributed by atoms with van der Waals surface area (Å²) in [6, 6.07) is 47.2. The molecule has 1 aromatic heterocycles. The maximum absolute atomic E-state index is 5.32. The fraction of sp³-hybridized carbons (Fsp3) is 0.0571. The molecular formula is C35H26N4S. The maximum Gasteiger partial charge on any atom is 0.184 e. The van der Waals surface area contributed by atoms with Crippen LogP contribution in [-0.2, 0) is 0 Å². The molecular weight excluding hydrogens is 508 g/mol. The molecule has 0 saturated carbocycles. The number of fused-ring (bicyclic) bond motifs is 7. The summed E-state index contributed by atoms with van der Waals surface area (Å²) in [4.78, 5) is 9.00. The lowest BCUT2D eigenvalue weighted by molar-refractivity contribution is 0.404. The first-order valence-electron chi connectivity index (χ1n) is 13.6. The van der Waals surface area contributed by atoms with E-state index in [2.05, 4.69) is 143 Å². The first kappa shape index (κ1) is 23.2. The second kappa shape index (κ2) is 9.49. The highest BCUT2D eigenvalue weighted by atomic mass is 32.1. The lowest BCUT2D eigenvalue weighted by atomic mass is 9.99. The molecule has 2 unspecified atom stereocenters. The first-order valence-corrected chi connectivity index (χ1v) is 14.4. The van der Waals surface area contributed by atoms with Gasteiger partial charge in [0.2, 0.25) is 0 Å². The van der Waals surface area contributed by atoms with Crippen molar-refractivity contribution in [3.05, 3.63) is 145 Å². The van der Waals surface area contributed by atoms with Crippen LogP contribution in [0.25, 0.3) is 31.7 Å². The smallest absolute Gasteiger partial charge is 0.184 e. The zero-order valence-corrected chi connectivity index (χ0v) is 22.5. The van der Waals surface area contributed by atoms with E-state index in [1.54, 1.807) is 0 Å². The van der Waals surface area contributed by atoms with E-state index in [-0.39, 0.29) is 12.5 Å². The Morgan fingerprint density at radius 2 is 1.25 bits per heavy atom. The zero-order valence-electron chi connectivity index (χ0n) is 21.7. The van der Waals surface area contributed by atoms with E-state index in [4.69, 9.17) is 4.99 Å². The monoisotopic (exact) mass is 534 g/mol. The number of nitrogens with zero attached hydrogens (tertiary/aromatic N) is 2. The Hall–Kier alpha value is -4.71. The number of hydrogen-bond donors (Lipinski definition) is 2. The van der Waals surface area contributed by atoms with E-state index in [1.807, 2.05) is 17.4 Å². The van der Waals surface area contributed by atoms with Crippen molar-refractivity contribution in [3.63, 3.8) is 0 Å². The number of benzene rings is 5. The molecule has 8 rings (SSSR count). The summed E-state index contributed by atoms with van der Waals surface area (Å²) in [5, 5.41) is 8.80. The molecule has 2 N–H and O–H groups in total. The van der Waals surface area contributed by atoms with Crippen LogP contribution in [0.3, 0.4) is 0 Å². The molecule has 2 atom stereocenters. The molecule has 192 valence electrons. The van der Waals surface area contributed by atoms with Gasteiger partial charge in [0.25, 0.3) is 0 Å². The normalized spacial score (nSPS) is 17.7. The maximum atomic E-state index is 5.32. The highest BCUT2D eigenvalue weighted by molar-refractivity contribution is 7.23. The Morgan fingerprint density at radius 3 is 2.05 bits per heavy atom. The molecule has 0 aliphatic carbocycles. The van der Waals surface area contributed by atoms with E-state index in [9.17, 15) is 0 Å². The minimum atomic E-state index is -0.343. The van der Waals surface area contributed by atoms with E-state index in [0.717, 1.165) is 28.3 Å². The van der Waals surface area contributed by atoms with Crippen molar-refractivity contribution in [3.8, 4) is 21.6 Å². The lowest BCUT2D eigenvalue weighted by Crippen LogP contribution is -2.54. The van der Waals surface area contributed by atoms with Crippen molar-refractivity contribution in [2.75, 3.05) is 4.90 Å². The number of nitrogens with one attached hydrogen (secondary N) is 2. The lowest BCUT2D eigenvalue weighted by Gasteiger charge is -2.39. The molecule has 0 amide bonds. The fourth-order valence-electron chi connectivity index (χ4n) is 5.90. The van der Waals surface area contributed by atoms with Gasteiger partial charge < -0.3 is 10.2 Å². The minimum Gasteiger partial charge on any atom is -0.350 e. The van der Waals surface area contributed by atoms with Crippen LogP contribution in [-0.4, -0.2) is 12.1 Å². The Labute approximate surface area is 237 Å². The molecule has 2 aliphatic rings. The summed E-state index contributed by atoms with van der Waals surface area (Å²) in [5.41, 5.74) is 8.25. The van der Waals surface area contributed by atoms with Crippen LogP contribution in [0.15, 0.2) is 138 Å². The van der Waals surface area contributed by atoms with E-state index >= 15 is 0 Å². The molecule has 0 radical (unpaired) electrons. The third-order valence-corrected chi connectivity index (χ3v) is 8.91. The van der Waals surface area contributed by atoms with Crippen molar-refractivity contribution in [2.24, 2.45) is 4.99 Å². The standard InChI is InChI=1S/C35H26N4S/c1-3-13-23(14-4-1)33-36-34(24-15-5-2-6-16-24)38-35(37-33)39-28-20-10-7-17-25(28)31-27-19-9-12-22-30(27)40-32(31)26-18-8-11-21-29(26)39/h1-22,33,35,37H,(H,36,38). The van der Waals surface area contributed by atoms with E-state index in [0.29, 0.717) is 0 Å². The molecule has 0 saturated heterocycles. The van der Waals surface area contributed by atoms with Crippen LogP contribution < -0.4 is 15.5 Å². The van der Waals surface area contributed by atoms with Gasteiger partial charge in [0.1, 0.15) is 12.0 Å². The van der Waals surface area contributed by atoms with Gasteiger partial charge in [-0.05, 0) is 23.8 Å². The van der Waals surface area contributed by atoms with Gasteiger partial charge in [-0.2, -0.15) is 0 Å². The number of amidine groups is 1. The molecule has 6 aromatic rings. The number of aliphatic imine (C=N–C) groups is 1. The number of rotatable bonds is 3. The second-order valence-electron chi connectivity index (χ2n) is 10.1. The summed E-state index contributed by atoms with van der Waals surface area (Å²) in [7, 11) is 0. The molecule has 5 heteroatoms. The van der Waals surface area contributed by atoms with Crippen LogP contribution >= 0.6 is 11.3 Å². The molecule has 3 heterocycles. The molecule has 4 nitrogen and oxygen atoms in total. The van der Waals surface area contributed by atoms with Crippen LogP contribution in [0.2, 0.25) is 0 Å². The van der Waals surface area contributed by atoms with Crippen LogP contribution in [0.1, 0.15) is 17.3 Å². The van der Waals surface area contributed by atoms with Gasteiger partial charge in [0.15, 0.2) is 6.29 Å². The van der Waals surface area contributed by atoms with Crippen molar-refractivity contribution >= 4 is 38.6 Å². The van der Waals surface area contributed by atoms with Crippen LogP contribution in [0, 0.1) is 0 Å². The van der Waals surface area contributed by atoms with E-state index < -0.39 is 0 Å². The van der Waals surface area contributed by atoms with Gasteiger partial charge in [0.05, 0.1) is 11.4 Å². The van der Waals surface area contributed by atoms with Gasteiger partial charge in [0, 0.05) is 37.2 Å². The Kier molecular flexibility index (Phi) is 5.50. The van der Waals surface area contributed by atoms with Gasteiger partial charge in [-0.15, -0.1) is 11.3 Å². The van der Waals surface area contributed by atoms with Gasteiger partial charge in [-0.1, -0.05) is 115 Å². The topological polar surface area (TPSA) is 39.7 Å². The predicted octanol–water partition coefficient (Wildman–Crippen LogP) is 8.31. The number of thiophene rings is 1. The molecule has 0 bridgehead atoms. The number of anilines is 2. The molecule has 5 aromatic carbocycles. The third-order valence-electron chi connectivity index (χ3n) is 7.71. The first-order chi connectivity index (χ1) is 19.8. The molecule has 2 aliphatic heterocycles. The van der Waals surface area contributed by atoms with Gasteiger partial charge >= 0.3 is 0 Å². The third kappa shape index (κ3) is 3.74. The van der Waals surface area contributed by atoms with Crippen molar-refractivity contribution in [1.29, 1.82) is 0 Å². The summed E-state index contributed by atoms with van der Waals surface area (Å²) >= 11 is 1.87. The highest BCUT2D eigenvalue weighted by Crippen LogP contribution is 2.54. The SMILES string of the molecule is c1ccc(C2=NC(N3c4ccccc4-c4sc5ccccc5c4-c4ccccc43)NC(c3ccccc3)N2)cc1. The quantitative estimate of drug-likeness (QED) is 0.240. The number of hydrogen-bond acceptors (Lipinski definition) is 5. The van der Waals surface area contributed by atoms with Crippen molar-refractivity contribution in [2.45, 2.75) is 12.5 Å². The van der Waals surface area contributed by atoms with Gasteiger partial charge in [-0.3, -0.25) is 5.32 Å². The Balaban J connectivity index is 1.37. The predicted molar refractivity (Wildman–Crippen MR) is 167 cm³/mol. The average molecular weight is 535 g/mol. The fourth-order valence-corrected chi connectivity index (χ4v) is 7.15. The van der Waals surface area contributed by atoms with Crippen molar-refractivity contribution < 1.29 is 0 Å². The summed E-state index contributed by atoms with van der Waals surface area (Å²) < 4.78 is 1.30. The summed E-state index contributed by atoms with van der Waals surface area (Å²) in [6.45, 7) is 0. The minimum absolute atomic E-state index is 0.114. The van der Waals surface area contributed by atoms with E-state index in [1.165, 1.54) is 31.7 Å². The van der Waals surface area contributed by atoms with Crippen LogP contribution in [0.5, 0.6) is 0 Å². The molecule has 0 fully saturated rings. The molecule has 40 heavy (non-hydrogen) atoms. The Bertz CT molecular complexity index is 1880. The Morgan fingerprint density at radius 1 is 0.625 bits per heavy atom. The summed E-state index contributed by atoms with van der Waals surface area (Å²) in [6.07, 6.45) is -0.458. The highest BCUT2D eigenvalue weighted by Gasteiger charge is 2.35. The number of para-hydroxylation sites is 2.